The van der Waals surface area contributed by atoms with Gasteiger partial charge in [0, 0.05) is 22.5 Å². The normalized spacial score (nSPS) is 12.0. The van der Waals surface area contributed by atoms with Crippen LogP contribution in [0.3, 0.4) is 0 Å². The van der Waals surface area contributed by atoms with Gasteiger partial charge in [0.15, 0.2) is 5.76 Å². The highest BCUT2D eigenvalue weighted by molar-refractivity contribution is 5.81. The van der Waals surface area contributed by atoms with E-state index in [-0.39, 0.29) is 23.5 Å². The number of aromatic hydroxyl groups is 1. The minimum absolute atomic E-state index is 0.148. The zero-order valence-corrected chi connectivity index (χ0v) is 15.6. The maximum Gasteiger partial charge on any atom is 0.306 e. The third-order valence-corrected chi connectivity index (χ3v) is 4.44. The monoisotopic (exact) mass is 385 g/mol. The summed E-state index contributed by atoms with van der Waals surface area (Å²) in [6.07, 6.45) is -0.297. The first kappa shape index (κ1) is 19.2. The third-order valence-electron chi connectivity index (χ3n) is 4.44. The van der Waals surface area contributed by atoms with E-state index in [1.165, 1.54) is 21.1 Å². The molecule has 0 saturated carbocycles. The number of ether oxygens (including phenoxy) is 2. The van der Waals surface area contributed by atoms with E-state index >= 15 is 0 Å². The molecule has 28 heavy (non-hydrogen) atoms. The number of hydrogen-bond donors (Lipinski definition) is 2. The molecule has 3 rings (SSSR count). The fourth-order valence-corrected chi connectivity index (χ4v) is 3.04. The summed E-state index contributed by atoms with van der Waals surface area (Å²) in [4.78, 5) is 39.4. The molecular formula is C20H19NO7. The molecule has 8 nitrogen and oxygen atoms in total. The molecule has 0 radical (unpaired) electrons. The highest BCUT2D eigenvalue weighted by Gasteiger charge is 2.28. The third kappa shape index (κ3) is 3.62. The number of aromatic amines is 1. The lowest BCUT2D eigenvalue weighted by Crippen LogP contribution is -2.21. The van der Waals surface area contributed by atoms with Crippen LogP contribution in [0.15, 0.2) is 44.3 Å². The molecule has 146 valence electrons. The Hall–Kier alpha value is -3.55. The van der Waals surface area contributed by atoms with Crippen molar-refractivity contribution in [1.29, 1.82) is 0 Å². The molecule has 0 amide bonds. The van der Waals surface area contributed by atoms with Gasteiger partial charge in [0.1, 0.15) is 11.5 Å². The number of hydrogen-bond acceptors (Lipinski definition) is 7. The van der Waals surface area contributed by atoms with Crippen LogP contribution < -0.4 is 15.7 Å². The summed E-state index contributed by atoms with van der Waals surface area (Å²) in [5.74, 6) is -1.63. The van der Waals surface area contributed by atoms with Crippen molar-refractivity contribution in [1.82, 2.24) is 4.98 Å². The number of aromatic nitrogens is 1. The van der Waals surface area contributed by atoms with Gasteiger partial charge in [-0.2, -0.15) is 0 Å². The maximum absolute atomic E-state index is 12.7. The molecule has 0 unspecified atom stereocenters. The predicted molar refractivity (Wildman–Crippen MR) is 101 cm³/mol. The molecule has 2 aromatic heterocycles. The van der Waals surface area contributed by atoms with Crippen molar-refractivity contribution in [3.63, 3.8) is 0 Å². The Labute approximate surface area is 159 Å². The van der Waals surface area contributed by atoms with Gasteiger partial charge in [0.05, 0.1) is 26.6 Å². The van der Waals surface area contributed by atoms with Crippen LogP contribution in [-0.4, -0.2) is 30.3 Å². The van der Waals surface area contributed by atoms with E-state index in [1.54, 1.807) is 24.3 Å². The van der Waals surface area contributed by atoms with Crippen LogP contribution in [0.25, 0.3) is 10.9 Å². The van der Waals surface area contributed by atoms with Crippen LogP contribution >= 0.6 is 0 Å². The minimum atomic E-state index is -1.01. The summed E-state index contributed by atoms with van der Waals surface area (Å²) in [7, 11) is 2.73. The van der Waals surface area contributed by atoms with Crippen molar-refractivity contribution in [2.24, 2.45) is 0 Å². The number of esters is 1. The number of carbonyl (C=O) groups excluding carboxylic acids is 1. The SMILES string of the molecule is COC(=O)C[C@H](c1oc(C)cc(=O)c1O)c1cc2cc(OC)ccc2[nH]c1=O. The summed E-state index contributed by atoms with van der Waals surface area (Å²) in [6.45, 7) is 1.54. The lowest BCUT2D eigenvalue weighted by atomic mass is 9.92. The minimum Gasteiger partial charge on any atom is -0.502 e. The van der Waals surface area contributed by atoms with Crippen LogP contribution in [-0.2, 0) is 9.53 Å². The predicted octanol–water partition coefficient (Wildman–Crippen LogP) is 2.20. The average molecular weight is 385 g/mol. The molecule has 0 bridgehead atoms. The van der Waals surface area contributed by atoms with Crippen molar-refractivity contribution in [2.75, 3.05) is 14.2 Å². The highest BCUT2D eigenvalue weighted by Crippen LogP contribution is 2.33. The van der Waals surface area contributed by atoms with E-state index in [4.69, 9.17) is 13.9 Å². The van der Waals surface area contributed by atoms with Gasteiger partial charge >= 0.3 is 5.97 Å². The second-order valence-corrected chi connectivity index (χ2v) is 6.27. The largest absolute Gasteiger partial charge is 0.502 e. The number of carbonyl (C=O) groups is 1. The Morgan fingerprint density at radius 2 is 1.96 bits per heavy atom. The molecule has 3 aromatic rings. The second-order valence-electron chi connectivity index (χ2n) is 6.27. The van der Waals surface area contributed by atoms with Crippen molar-refractivity contribution in [2.45, 2.75) is 19.3 Å². The summed E-state index contributed by atoms with van der Waals surface area (Å²) in [5.41, 5.74) is -0.417. The van der Waals surface area contributed by atoms with Gasteiger partial charge in [-0.25, -0.2) is 0 Å². The van der Waals surface area contributed by atoms with E-state index in [0.29, 0.717) is 16.7 Å². The Balaban J connectivity index is 2.26. The number of rotatable bonds is 5. The van der Waals surface area contributed by atoms with Gasteiger partial charge in [0.2, 0.25) is 11.2 Å². The van der Waals surface area contributed by atoms with Gasteiger partial charge in [-0.1, -0.05) is 0 Å². The first-order chi connectivity index (χ1) is 13.3. The van der Waals surface area contributed by atoms with Gasteiger partial charge in [0.25, 0.3) is 5.56 Å². The van der Waals surface area contributed by atoms with Crippen LogP contribution in [0.2, 0.25) is 0 Å². The van der Waals surface area contributed by atoms with E-state index in [0.717, 1.165) is 6.07 Å². The lowest BCUT2D eigenvalue weighted by molar-refractivity contribution is -0.140. The number of methoxy groups -OCH3 is 2. The Morgan fingerprint density at radius 3 is 2.64 bits per heavy atom. The number of H-pyrrole nitrogens is 1. The van der Waals surface area contributed by atoms with Crippen molar-refractivity contribution < 1.29 is 23.8 Å². The van der Waals surface area contributed by atoms with Crippen LogP contribution in [0.1, 0.15) is 29.4 Å². The second kappa shape index (κ2) is 7.59. The molecule has 1 atom stereocenters. The molecule has 0 aliphatic heterocycles. The zero-order valence-electron chi connectivity index (χ0n) is 15.6. The molecule has 0 aliphatic carbocycles. The molecule has 0 spiro atoms. The van der Waals surface area contributed by atoms with E-state index < -0.39 is 28.6 Å². The first-order valence-electron chi connectivity index (χ1n) is 8.45. The number of nitrogens with one attached hydrogen (secondary N) is 1. The first-order valence-corrected chi connectivity index (χ1v) is 8.45. The highest BCUT2D eigenvalue weighted by atomic mass is 16.5. The fraction of sp³-hybridized carbons (Fsp3) is 0.250. The Kier molecular flexibility index (Phi) is 5.21. The van der Waals surface area contributed by atoms with Crippen molar-refractivity contribution in [3.8, 4) is 11.5 Å². The van der Waals surface area contributed by atoms with Gasteiger partial charge in [-0.05, 0) is 31.2 Å². The van der Waals surface area contributed by atoms with Crippen LogP contribution in [0, 0.1) is 6.92 Å². The van der Waals surface area contributed by atoms with Gasteiger partial charge in [-0.15, -0.1) is 0 Å². The zero-order chi connectivity index (χ0) is 20.4. The molecule has 2 N–H and O–H groups in total. The number of fused-ring (bicyclic) bond motifs is 1. The fourth-order valence-electron chi connectivity index (χ4n) is 3.04. The van der Waals surface area contributed by atoms with E-state index in [2.05, 4.69) is 4.98 Å². The molecule has 8 heteroatoms. The summed E-state index contributed by atoms with van der Waals surface area (Å²) >= 11 is 0. The van der Waals surface area contributed by atoms with Gasteiger partial charge < -0.3 is 24.0 Å². The van der Waals surface area contributed by atoms with Gasteiger partial charge in [-0.3, -0.25) is 14.4 Å². The Morgan fingerprint density at radius 1 is 1.21 bits per heavy atom. The molecule has 2 heterocycles. The number of benzene rings is 1. The number of aryl methyl sites for hydroxylation is 1. The summed E-state index contributed by atoms with van der Waals surface area (Å²) in [6, 6.07) is 7.82. The molecule has 0 saturated heterocycles. The smallest absolute Gasteiger partial charge is 0.306 e. The molecule has 0 fully saturated rings. The van der Waals surface area contributed by atoms with E-state index in [1.807, 2.05) is 0 Å². The summed E-state index contributed by atoms with van der Waals surface area (Å²) < 4.78 is 15.4. The Bertz CT molecular complexity index is 1160. The molecule has 0 aliphatic rings. The quantitative estimate of drug-likeness (QED) is 0.646. The molecular weight excluding hydrogens is 366 g/mol. The topological polar surface area (TPSA) is 119 Å². The van der Waals surface area contributed by atoms with Crippen molar-refractivity contribution >= 4 is 16.9 Å². The summed E-state index contributed by atoms with van der Waals surface area (Å²) in [5, 5.41) is 10.9. The molecule has 1 aromatic carbocycles. The lowest BCUT2D eigenvalue weighted by Gasteiger charge is -2.17. The number of pyridine rings is 1. The van der Waals surface area contributed by atoms with Crippen LogP contribution in [0.5, 0.6) is 11.5 Å². The van der Waals surface area contributed by atoms with E-state index in [9.17, 15) is 19.5 Å². The maximum atomic E-state index is 12.7. The standard InChI is InChI=1S/C20H19NO7/c1-10-6-16(22)18(24)19(28-10)13(9-17(23)27-3)14-8-11-7-12(26-2)4-5-15(11)21-20(14)25/h4-8,13,24H,9H2,1-3H3,(H,21,25)/t13-/m0/s1. The van der Waals surface area contributed by atoms with Crippen LogP contribution in [0.4, 0.5) is 0 Å². The average Bonchev–Trinajstić information content (AvgIpc) is 2.68. The van der Waals surface area contributed by atoms with Crippen molar-refractivity contribution in [3.05, 3.63) is 68.0 Å².